The van der Waals surface area contributed by atoms with E-state index < -0.39 is 0 Å². The first-order valence-corrected chi connectivity index (χ1v) is 10.1. The van der Waals surface area contributed by atoms with Crippen LogP contribution < -0.4 is 15.4 Å². The van der Waals surface area contributed by atoms with Crippen LogP contribution in [0.3, 0.4) is 0 Å². The van der Waals surface area contributed by atoms with Crippen molar-refractivity contribution >= 4 is 29.9 Å². The lowest BCUT2D eigenvalue weighted by atomic mass is 10.1. The number of nitrogens with one attached hydrogen (secondary N) is 2. The van der Waals surface area contributed by atoms with E-state index in [9.17, 15) is 0 Å². The molecule has 1 atom stereocenters. The number of aromatic nitrogens is 3. The molecule has 0 aliphatic carbocycles. The van der Waals surface area contributed by atoms with Crippen molar-refractivity contribution in [3.05, 3.63) is 42.0 Å². The van der Waals surface area contributed by atoms with Crippen LogP contribution in [0.15, 0.2) is 35.6 Å². The molecular formula is C21H35IN6O. The number of nitrogens with zero attached hydrogens (tertiary/aromatic N) is 4. The van der Waals surface area contributed by atoms with Crippen molar-refractivity contribution in [1.82, 2.24) is 25.4 Å². The van der Waals surface area contributed by atoms with Gasteiger partial charge in [0.1, 0.15) is 17.9 Å². The van der Waals surface area contributed by atoms with Crippen molar-refractivity contribution < 1.29 is 4.74 Å². The van der Waals surface area contributed by atoms with Crippen molar-refractivity contribution in [2.24, 2.45) is 10.9 Å². The molecule has 29 heavy (non-hydrogen) atoms. The van der Waals surface area contributed by atoms with Crippen LogP contribution in [-0.4, -0.2) is 47.0 Å². The highest BCUT2D eigenvalue weighted by molar-refractivity contribution is 14.0. The average Bonchev–Trinajstić information content (AvgIpc) is 3.15. The lowest BCUT2D eigenvalue weighted by molar-refractivity contribution is 0.414. The number of rotatable bonds is 10. The summed E-state index contributed by atoms with van der Waals surface area (Å²) >= 11 is 0. The zero-order valence-corrected chi connectivity index (χ0v) is 20.5. The number of aliphatic imine (C=N–C) groups is 1. The molecule has 1 unspecified atom stereocenters. The van der Waals surface area contributed by atoms with Crippen LogP contribution >= 0.6 is 24.0 Å². The van der Waals surface area contributed by atoms with Gasteiger partial charge >= 0.3 is 0 Å². The molecule has 0 saturated heterocycles. The zero-order chi connectivity index (χ0) is 20.4. The Labute approximate surface area is 191 Å². The summed E-state index contributed by atoms with van der Waals surface area (Å²) in [7, 11) is 1.68. The Kier molecular flexibility index (Phi) is 11.6. The fourth-order valence-electron chi connectivity index (χ4n) is 2.66. The lowest BCUT2D eigenvalue weighted by Crippen LogP contribution is -2.45. The van der Waals surface area contributed by atoms with Crippen molar-refractivity contribution in [2.75, 3.05) is 20.2 Å². The molecular weight excluding hydrogens is 479 g/mol. The van der Waals surface area contributed by atoms with Crippen LogP contribution in [0.25, 0.3) is 0 Å². The Morgan fingerprint density at radius 2 is 1.93 bits per heavy atom. The minimum Gasteiger partial charge on any atom is -0.497 e. The number of hydrogen-bond donors (Lipinski definition) is 2. The molecule has 1 aromatic carbocycles. The van der Waals surface area contributed by atoms with Gasteiger partial charge in [-0.05, 0) is 37.0 Å². The second-order valence-electron chi connectivity index (χ2n) is 7.23. The molecule has 0 radical (unpaired) electrons. The van der Waals surface area contributed by atoms with Crippen molar-refractivity contribution in [3.8, 4) is 5.75 Å². The van der Waals surface area contributed by atoms with Crippen LogP contribution in [0.2, 0.25) is 0 Å². The predicted octanol–water partition coefficient (Wildman–Crippen LogP) is 3.29. The maximum Gasteiger partial charge on any atom is 0.191 e. The molecule has 2 N–H and O–H groups in total. The summed E-state index contributed by atoms with van der Waals surface area (Å²) in [4.78, 5) is 4.77. The van der Waals surface area contributed by atoms with Crippen LogP contribution in [0.4, 0.5) is 0 Å². The van der Waals surface area contributed by atoms with E-state index in [1.165, 1.54) is 5.56 Å². The number of guanidine groups is 1. The maximum absolute atomic E-state index is 5.21. The van der Waals surface area contributed by atoms with E-state index in [0.717, 1.165) is 50.0 Å². The van der Waals surface area contributed by atoms with E-state index in [2.05, 4.69) is 65.2 Å². The Balaban J connectivity index is 0.00000420. The third kappa shape index (κ3) is 8.59. The molecule has 0 saturated carbocycles. The highest BCUT2D eigenvalue weighted by Crippen LogP contribution is 2.11. The summed E-state index contributed by atoms with van der Waals surface area (Å²) in [6, 6.07) is 8.49. The Bertz CT molecular complexity index is 729. The van der Waals surface area contributed by atoms with Crippen molar-refractivity contribution in [3.63, 3.8) is 0 Å². The maximum atomic E-state index is 5.21. The van der Waals surface area contributed by atoms with E-state index in [-0.39, 0.29) is 24.0 Å². The van der Waals surface area contributed by atoms with Crippen LogP contribution in [0, 0.1) is 5.92 Å². The molecule has 0 aliphatic rings. The van der Waals surface area contributed by atoms with Gasteiger partial charge in [-0.2, -0.15) is 0 Å². The number of ether oxygens (including phenoxy) is 1. The molecule has 2 aromatic rings. The first kappa shape index (κ1) is 25.2. The second-order valence-corrected chi connectivity index (χ2v) is 7.23. The molecule has 1 aromatic heterocycles. The standard InChI is InChI=1S/C21H34N6O.HI/c1-6-20-26-24-15-27(20)14-13-23-21(25-17(4)16(2)3)22-12-11-18-7-9-19(28-5)10-8-18;/h7-10,15-17H,6,11-14H2,1-5H3,(H2,22,23,25);1H. The van der Waals surface area contributed by atoms with Gasteiger partial charge in [0.05, 0.1) is 7.11 Å². The fourth-order valence-corrected chi connectivity index (χ4v) is 2.66. The van der Waals surface area contributed by atoms with Gasteiger partial charge in [-0.1, -0.05) is 32.9 Å². The topological polar surface area (TPSA) is 76.4 Å². The van der Waals surface area contributed by atoms with E-state index in [1.54, 1.807) is 13.4 Å². The van der Waals surface area contributed by atoms with Crippen LogP contribution in [-0.2, 0) is 19.4 Å². The Morgan fingerprint density at radius 1 is 1.21 bits per heavy atom. The van der Waals surface area contributed by atoms with E-state index >= 15 is 0 Å². The van der Waals surface area contributed by atoms with Gasteiger partial charge in [0.25, 0.3) is 0 Å². The van der Waals surface area contributed by atoms with Gasteiger partial charge in [0.15, 0.2) is 5.96 Å². The Morgan fingerprint density at radius 3 is 2.55 bits per heavy atom. The predicted molar refractivity (Wildman–Crippen MR) is 129 cm³/mol. The number of halogens is 1. The van der Waals surface area contributed by atoms with E-state index in [4.69, 9.17) is 9.73 Å². The molecule has 0 bridgehead atoms. The van der Waals surface area contributed by atoms with Crippen LogP contribution in [0.1, 0.15) is 39.1 Å². The minimum absolute atomic E-state index is 0. The average molecular weight is 514 g/mol. The first-order valence-electron chi connectivity index (χ1n) is 10.1. The van der Waals surface area contributed by atoms with Crippen molar-refractivity contribution in [1.29, 1.82) is 0 Å². The monoisotopic (exact) mass is 514 g/mol. The molecule has 2 rings (SSSR count). The third-order valence-electron chi connectivity index (χ3n) is 4.85. The Hall–Kier alpha value is -1.84. The number of hydrogen-bond acceptors (Lipinski definition) is 4. The number of benzene rings is 1. The molecule has 0 fully saturated rings. The fraction of sp³-hybridized carbons (Fsp3) is 0.571. The van der Waals surface area contributed by atoms with Crippen LogP contribution in [0.5, 0.6) is 5.75 Å². The highest BCUT2D eigenvalue weighted by Gasteiger charge is 2.09. The van der Waals surface area contributed by atoms with Gasteiger partial charge in [0, 0.05) is 32.1 Å². The number of aryl methyl sites for hydroxylation is 1. The third-order valence-corrected chi connectivity index (χ3v) is 4.85. The zero-order valence-electron chi connectivity index (χ0n) is 18.2. The highest BCUT2D eigenvalue weighted by atomic mass is 127. The molecule has 1 heterocycles. The van der Waals surface area contributed by atoms with Crippen molar-refractivity contribution in [2.45, 2.75) is 53.1 Å². The molecule has 162 valence electrons. The van der Waals surface area contributed by atoms with E-state index in [0.29, 0.717) is 12.0 Å². The summed E-state index contributed by atoms with van der Waals surface area (Å²) < 4.78 is 7.29. The summed E-state index contributed by atoms with van der Waals surface area (Å²) in [5.41, 5.74) is 1.25. The summed E-state index contributed by atoms with van der Waals surface area (Å²) in [6.45, 7) is 11.0. The quantitative estimate of drug-likeness (QED) is 0.289. The summed E-state index contributed by atoms with van der Waals surface area (Å²) in [5.74, 6) is 3.25. The normalized spacial score (nSPS) is 12.4. The summed E-state index contributed by atoms with van der Waals surface area (Å²) in [5, 5.41) is 15.1. The van der Waals surface area contributed by atoms with E-state index in [1.807, 2.05) is 12.1 Å². The molecule has 0 spiro atoms. The largest absolute Gasteiger partial charge is 0.497 e. The summed E-state index contributed by atoms with van der Waals surface area (Å²) in [6.07, 6.45) is 3.55. The van der Waals surface area contributed by atoms with Gasteiger partial charge in [-0.25, -0.2) is 0 Å². The molecule has 8 heteroatoms. The SMILES string of the molecule is CCc1nncn1CCNC(=NCCc1ccc(OC)cc1)NC(C)C(C)C.I. The lowest BCUT2D eigenvalue weighted by Gasteiger charge is -2.21. The van der Waals surface area contributed by atoms with Gasteiger partial charge < -0.3 is 19.9 Å². The van der Waals surface area contributed by atoms with Gasteiger partial charge in [-0.15, -0.1) is 34.2 Å². The molecule has 7 nitrogen and oxygen atoms in total. The van der Waals surface area contributed by atoms with Gasteiger partial charge in [0.2, 0.25) is 0 Å². The smallest absolute Gasteiger partial charge is 0.191 e. The molecule has 0 aliphatic heterocycles. The number of methoxy groups -OCH3 is 1. The van der Waals surface area contributed by atoms with Gasteiger partial charge in [-0.3, -0.25) is 4.99 Å². The second kappa shape index (κ2) is 13.4. The molecule has 0 amide bonds. The minimum atomic E-state index is 0. The first-order chi connectivity index (χ1) is 13.5.